The lowest BCUT2D eigenvalue weighted by molar-refractivity contribution is 0.0599. The van der Waals surface area contributed by atoms with Crippen molar-refractivity contribution in [2.75, 3.05) is 19.5 Å². The Morgan fingerprint density at radius 2 is 1.62 bits per heavy atom. The second-order valence-corrected chi connectivity index (χ2v) is 5.86. The molecule has 1 N–H and O–H groups in total. The van der Waals surface area contributed by atoms with E-state index in [1.54, 1.807) is 13.2 Å². The molecule has 1 aromatic heterocycles. The molecule has 0 bridgehead atoms. The first-order valence-electron chi connectivity index (χ1n) is 6.68. The predicted octanol–water partition coefficient (Wildman–Crippen LogP) is 1.85. The van der Waals surface area contributed by atoms with Gasteiger partial charge >= 0.3 is 11.9 Å². The highest BCUT2D eigenvalue weighted by Gasteiger charge is 2.18. The molecule has 8 nitrogen and oxygen atoms in total. The number of methoxy groups -OCH3 is 2. The van der Waals surface area contributed by atoms with Crippen LogP contribution in [0.5, 0.6) is 0 Å². The minimum atomic E-state index is -0.633. The molecule has 0 spiro atoms. The van der Waals surface area contributed by atoms with Crippen LogP contribution in [0, 0.1) is 3.57 Å². The minimum Gasteiger partial charge on any atom is -0.465 e. The zero-order chi connectivity index (χ0) is 17.9. The average molecular weight is 443 g/mol. The number of halogens is 1. The van der Waals surface area contributed by atoms with Gasteiger partial charge in [0.25, 0.3) is 5.91 Å². The Bertz CT molecular complexity index is 762. The maximum absolute atomic E-state index is 12.4. The monoisotopic (exact) mass is 443 g/mol. The standard InChI is InChI=1S/C15H14IN3O5/c1-19-12(11(16)7-17-19)13(20)18-10-5-8(14(21)23-2)4-9(6-10)15(22)24-3/h4-7H,1-3H3,(H,18,20). The zero-order valence-corrected chi connectivity index (χ0v) is 15.3. The van der Waals surface area contributed by atoms with E-state index in [0.717, 1.165) is 0 Å². The maximum atomic E-state index is 12.4. The van der Waals surface area contributed by atoms with Gasteiger partial charge in [0.05, 0.1) is 35.1 Å². The van der Waals surface area contributed by atoms with Crippen LogP contribution in [0.15, 0.2) is 24.4 Å². The van der Waals surface area contributed by atoms with Crippen molar-refractivity contribution in [2.24, 2.45) is 7.05 Å². The third-order valence-corrected chi connectivity index (χ3v) is 3.93. The molecular weight excluding hydrogens is 429 g/mol. The molecule has 1 amide bonds. The van der Waals surface area contributed by atoms with Crippen molar-refractivity contribution in [1.82, 2.24) is 9.78 Å². The molecule has 1 aromatic carbocycles. The van der Waals surface area contributed by atoms with Gasteiger partial charge in [-0.05, 0) is 40.8 Å². The molecule has 0 atom stereocenters. The highest BCUT2D eigenvalue weighted by molar-refractivity contribution is 14.1. The lowest BCUT2D eigenvalue weighted by atomic mass is 10.1. The summed E-state index contributed by atoms with van der Waals surface area (Å²) in [7, 11) is 4.09. The molecule has 2 aromatic rings. The van der Waals surface area contributed by atoms with Crippen molar-refractivity contribution >= 4 is 46.1 Å². The van der Waals surface area contributed by atoms with Gasteiger partial charge < -0.3 is 14.8 Å². The van der Waals surface area contributed by atoms with Gasteiger partial charge in [0.1, 0.15) is 5.69 Å². The summed E-state index contributed by atoms with van der Waals surface area (Å²) in [5, 5.41) is 6.64. The fourth-order valence-corrected chi connectivity index (χ4v) is 2.75. The molecule has 0 aliphatic carbocycles. The molecule has 0 fully saturated rings. The normalized spacial score (nSPS) is 10.2. The number of benzene rings is 1. The van der Waals surface area contributed by atoms with E-state index in [1.165, 1.54) is 37.1 Å². The Kier molecular flexibility index (Phi) is 5.54. The summed E-state index contributed by atoms with van der Waals surface area (Å²) >= 11 is 1.99. The smallest absolute Gasteiger partial charge is 0.337 e. The number of nitrogens with zero attached hydrogens (tertiary/aromatic N) is 2. The van der Waals surface area contributed by atoms with E-state index in [4.69, 9.17) is 0 Å². The molecule has 24 heavy (non-hydrogen) atoms. The number of carbonyl (C=O) groups is 3. The fraction of sp³-hybridized carbons (Fsp3) is 0.200. The second-order valence-electron chi connectivity index (χ2n) is 4.70. The molecule has 1 heterocycles. The number of aryl methyl sites for hydroxylation is 1. The van der Waals surface area contributed by atoms with Gasteiger partial charge in [-0.3, -0.25) is 9.48 Å². The molecular formula is C15H14IN3O5. The number of nitrogens with one attached hydrogen (secondary N) is 1. The molecule has 0 aliphatic heterocycles. The van der Waals surface area contributed by atoms with Crippen LogP contribution in [-0.4, -0.2) is 41.8 Å². The number of carbonyl (C=O) groups excluding carboxylic acids is 3. The molecule has 0 saturated carbocycles. The maximum Gasteiger partial charge on any atom is 0.337 e. The first-order chi connectivity index (χ1) is 11.4. The summed E-state index contributed by atoms with van der Waals surface area (Å²) in [6, 6.07) is 4.17. The molecule has 0 saturated heterocycles. The summed E-state index contributed by atoms with van der Waals surface area (Å²) in [5.41, 5.74) is 0.866. The summed E-state index contributed by atoms with van der Waals surface area (Å²) in [4.78, 5) is 35.9. The van der Waals surface area contributed by atoms with Crippen molar-refractivity contribution in [3.63, 3.8) is 0 Å². The van der Waals surface area contributed by atoms with E-state index < -0.39 is 17.8 Å². The van der Waals surface area contributed by atoms with E-state index in [2.05, 4.69) is 19.9 Å². The first-order valence-corrected chi connectivity index (χ1v) is 7.75. The molecule has 2 rings (SSSR count). The van der Waals surface area contributed by atoms with Crippen LogP contribution < -0.4 is 5.32 Å². The van der Waals surface area contributed by atoms with E-state index in [1.807, 2.05) is 22.6 Å². The van der Waals surface area contributed by atoms with Crippen LogP contribution in [0.25, 0.3) is 0 Å². The topological polar surface area (TPSA) is 99.5 Å². The van der Waals surface area contributed by atoms with Crippen LogP contribution in [0.3, 0.4) is 0 Å². The summed E-state index contributed by atoms with van der Waals surface area (Å²) in [6.45, 7) is 0. The number of hydrogen-bond acceptors (Lipinski definition) is 6. The molecule has 0 aliphatic rings. The Labute approximate surface area is 151 Å². The minimum absolute atomic E-state index is 0.121. The Morgan fingerprint density at radius 3 is 2.04 bits per heavy atom. The highest BCUT2D eigenvalue weighted by Crippen LogP contribution is 2.19. The number of aromatic nitrogens is 2. The van der Waals surface area contributed by atoms with E-state index in [-0.39, 0.29) is 16.8 Å². The van der Waals surface area contributed by atoms with E-state index >= 15 is 0 Å². The summed E-state index contributed by atoms with van der Waals surface area (Å²) < 4.78 is 11.4. The Hall–Kier alpha value is -2.43. The van der Waals surface area contributed by atoms with Crippen molar-refractivity contribution in [1.29, 1.82) is 0 Å². The Balaban J connectivity index is 2.40. The SMILES string of the molecule is COC(=O)c1cc(NC(=O)c2c(I)cnn2C)cc(C(=O)OC)c1. The van der Waals surface area contributed by atoms with Crippen molar-refractivity contribution in [2.45, 2.75) is 0 Å². The van der Waals surface area contributed by atoms with Crippen LogP contribution in [0.2, 0.25) is 0 Å². The van der Waals surface area contributed by atoms with Crippen LogP contribution in [-0.2, 0) is 16.5 Å². The fourth-order valence-electron chi connectivity index (χ4n) is 2.03. The lowest BCUT2D eigenvalue weighted by Crippen LogP contribution is -2.18. The third-order valence-electron chi connectivity index (χ3n) is 3.14. The Morgan fingerprint density at radius 1 is 1.08 bits per heavy atom. The molecule has 9 heteroatoms. The zero-order valence-electron chi connectivity index (χ0n) is 13.1. The van der Waals surface area contributed by atoms with Crippen molar-refractivity contribution in [3.05, 3.63) is 44.8 Å². The van der Waals surface area contributed by atoms with Gasteiger partial charge in [-0.15, -0.1) is 0 Å². The molecule has 0 radical (unpaired) electrons. The third kappa shape index (κ3) is 3.72. The molecule has 126 valence electrons. The number of esters is 2. The number of anilines is 1. The second kappa shape index (κ2) is 7.43. The molecule has 0 unspecified atom stereocenters. The largest absolute Gasteiger partial charge is 0.465 e. The van der Waals surface area contributed by atoms with Gasteiger partial charge in [-0.1, -0.05) is 0 Å². The van der Waals surface area contributed by atoms with Crippen LogP contribution in [0.1, 0.15) is 31.2 Å². The predicted molar refractivity (Wildman–Crippen MR) is 93.0 cm³/mol. The summed E-state index contributed by atoms with van der Waals surface area (Å²) in [5.74, 6) is -1.69. The number of ether oxygens (including phenoxy) is 2. The summed E-state index contributed by atoms with van der Waals surface area (Å²) in [6.07, 6.45) is 1.56. The average Bonchev–Trinajstić information content (AvgIpc) is 2.91. The quantitative estimate of drug-likeness (QED) is 0.572. The lowest BCUT2D eigenvalue weighted by Gasteiger charge is -2.10. The van der Waals surface area contributed by atoms with E-state index in [9.17, 15) is 14.4 Å². The van der Waals surface area contributed by atoms with E-state index in [0.29, 0.717) is 9.26 Å². The van der Waals surface area contributed by atoms with Gasteiger partial charge in [-0.25, -0.2) is 9.59 Å². The van der Waals surface area contributed by atoms with Crippen molar-refractivity contribution < 1.29 is 23.9 Å². The first kappa shape index (κ1) is 17.9. The highest BCUT2D eigenvalue weighted by atomic mass is 127. The van der Waals surface area contributed by atoms with Crippen molar-refractivity contribution in [3.8, 4) is 0 Å². The van der Waals surface area contributed by atoms with Crippen LogP contribution in [0.4, 0.5) is 5.69 Å². The number of amides is 1. The van der Waals surface area contributed by atoms with Gasteiger partial charge in [-0.2, -0.15) is 5.10 Å². The van der Waals surface area contributed by atoms with Crippen LogP contribution >= 0.6 is 22.6 Å². The number of hydrogen-bond donors (Lipinski definition) is 1. The van der Waals surface area contributed by atoms with Gasteiger partial charge in [0.2, 0.25) is 0 Å². The number of rotatable bonds is 4. The van der Waals surface area contributed by atoms with Gasteiger partial charge in [0, 0.05) is 12.7 Å². The van der Waals surface area contributed by atoms with Gasteiger partial charge in [0.15, 0.2) is 0 Å².